The molecule has 1 aromatic carbocycles. The van der Waals surface area contributed by atoms with Gasteiger partial charge in [-0.2, -0.15) is 0 Å². The lowest BCUT2D eigenvalue weighted by Gasteiger charge is -2.39. The van der Waals surface area contributed by atoms with E-state index in [4.69, 9.17) is 0 Å². The SMILES string of the molecule is CC(=O)N1CCN(C(=O)Nc2cccc(OC(F)(F)F)c2)C(C)C1. The van der Waals surface area contributed by atoms with Crippen molar-refractivity contribution in [2.24, 2.45) is 0 Å². The van der Waals surface area contributed by atoms with Gasteiger partial charge in [0.1, 0.15) is 5.75 Å². The number of nitrogens with one attached hydrogen (secondary N) is 1. The molecular formula is C15H18F3N3O3. The number of ether oxygens (including phenoxy) is 1. The van der Waals surface area contributed by atoms with E-state index < -0.39 is 18.1 Å². The second-order valence-corrected chi connectivity index (χ2v) is 5.51. The number of hydrogen-bond donors (Lipinski definition) is 1. The van der Waals surface area contributed by atoms with Crippen LogP contribution in [0.4, 0.5) is 23.7 Å². The first-order valence-corrected chi connectivity index (χ1v) is 7.34. The molecule has 0 aliphatic carbocycles. The third-order valence-electron chi connectivity index (χ3n) is 3.65. The van der Waals surface area contributed by atoms with Crippen LogP contribution in [0.3, 0.4) is 0 Å². The predicted octanol–water partition coefficient (Wildman–Crippen LogP) is 2.67. The van der Waals surface area contributed by atoms with Gasteiger partial charge in [0, 0.05) is 44.4 Å². The highest BCUT2D eigenvalue weighted by Crippen LogP contribution is 2.25. The maximum absolute atomic E-state index is 12.3. The van der Waals surface area contributed by atoms with Crippen molar-refractivity contribution in [2.75, 3.05) is 25.0 Å². The summed E-state index contributed by atoms with van der Waals surface area (Å²) in [6, 6.07) is 4.44. The van der Waals surface area contributed by atoms with Crippen LogP contribution in [-0.2, 0) is 4.79 Å². The molecule has 3 amide bonds. The topological polar surface area (TPSA) is 61.9 Å². The first-order valence-electron chi connectivity index (χ1n) is 7.34. The summed E-state index contributed by atoms with van der Waals surface area (Å²) in [5, 5.41) is 2.55. The van der Waals surface area contributed by atoms with Crippen LogP contribution >= 0.6 is 0 Å². The third kappa shape index (κ3) is 4.77. The number of amides is 3. The molecule has 1 N–H and O–H groups in total. The van der Waals surface area contributed by atoms with Gasteiger partial charge in [-0.25, -0.2) is 4.79 Å². The van der Waals surface area contributed by atoms with Crippen LogP contribution in [0, 0.1) is 0 Å². The molecule has 2 rings (SSSR count). The van der Waals surface area contributed by atoms with Crippen LogP contribution in [0.5, 0.6) is 5.75 Å². The summed E-state index contributed by atoms with van der Waals surface area (Å²) in [4.78, 5) is 26.8. The molecule has 1 saturated heterocycles. The molecule has 0 bridgehead atoms. The number of piperazine rings is 1. The average molecular weight is 345 g/mol. The number of rotatable bonds is 2. The van der Waals surface area contributed by atoms with Crippen LogP contribution in [-0.4, -0.2) is 53.8 Å². The molecule has 9 heteroatoms. The Balaban J connectivity index is 2.00. The fourth-order valence-electron chi connectivity index (χ4n) is 2.51. The molecule has 1 aliphatic heterocycles. The second kappa shape index (κ2) is 6.98. The second-order valence-electron chi connectivity index (χ2n) is 5.51. The van der Waals surface area contributed by atoms with Crippen molar-refractivity contribution < 1.29 is 27.5 Å². The fourth-order valence-corrected chi connectivity index (χ4v) is 2.51. The first-order chi connectivity index (χ1) is 11.2. The summed E-state index contributed by atoms with van der Waals surface area (Å²) in [5.41, 5.74) is 0.197. The van der Waals surface area contributed by atoms with Crippen LogP contribution in [0.2, 0.25) is 0 Å². The molecule has 0 aromatic heterocycles. The number of benzene rings is 1. The summed E-state index contributed by atoms with van der Waals surface area (Å²) >= 11 is 0. The molecular weight excluding hydrogens is 327 g/mol. The van der Waals surface area contributed by atoms with E-state index in [0.717, 1.165) is 12.1 Å². The van der Waals surface area contributed by atoms with Gasteiger partial charge >= 0.3 is 12.4 Å². The van der Waals surface area contributed by atoms with Crippen molar-refractivity contribution in [1.82, 2.24) is 9.80 Å². The highest BCUT2D eigenvalue weighted by atomic mass is 19.4. The molecule has 1 aliphatic rings. The summed E-state index contributed by atoms with van der Waals surface area (Å²) in [6.07, 6.45) is -4.79. The zero-order valence-corrected chi connectivity index (χ0v) is 13.3. The minimum absolute atomic E-state index is 0.0566. The van der Waals surface area contributed by atoms with Gasteiger partial charge in [-0.3, -0.25) is 4.79 Å². The van der Waals surface area contributed by atoms with Gasteiger partial charge in [-0.1, -0.05) is 6.07 Å². The fraction of sp³-hybridized carbons (Fsp3) is 0.467. The molecule has 0 saturated carbocycles. The van der Waals surface area contributed by atoms with E-state index in [2.05, 4.69) is 10.1 Å². The monoisotopic (exact) mass is 345 g/mol. The van der Waals surface area contributed by atoms with Crippen LogP contribution in [0.25, 0.3) is 0 Å². The Hall–Kier alpha value is -2.45. The third-order valence-corrected chi connectivity index (χ3v) is 3.65. The van der Waals surface area contributed by atoms with Crippen LogP contribution in [0.15, 0.2) is 24.3 Å². The average Bonchev–Trinajstić information content (AvgIpc) is 2.45. The number of urea groups is 1. The number of carbonyl (C=O) groups excluding carboxylic acids is 2. The molecule has 132 valence electrons. The molecule has 1 aromatic rings. The summed E-state index contributed by atoms with van der Waals surface area (Å²) in [5.74, 6) is -0.464. The maximum atomic E-state index is 12.3. The van der Waals surface area contributed by atoms with Crippen molar-refractivity contribution in [1.29, 1.82) is 0 Å². The predicted molar refractivity (Wildman–Crippen MR) is 80.6 cm³/mol. The molecule has 24 heavy (non-hydrogen) atoms. The lowest BCUT2D eigenvalue weighted by molar-refractivity contribution is -0.274. The van der Waals surface area contributed by atoms with Crippen molar-refractivity contribution in [2.45, 2.75) is 26.3 Å². The molecule has 1 atom stereocenters. The molecule has 1 unspecified atom stereocenters. The Labute approximate surface area is 137 Å². The molecule has 6 nitrogen and oxygen atoms in total. The standard InChI is InChI=1S/C15H18F3N3O3/c1-10-9-20(11(2)22)6-7-21(10)14(23)19-12-4-3-5-13(8-12)24-15(16,17)18/h3-5,8,10H,6-7,9H2,1-2H3,(H,19,23). The van der Waals surface area contributed by atoms with Gasteiger partial charge < -0.3 is 19.9 Å². The van der Waals surface area contributed by atoms with E-state index in [0.29, 0.717) is 19.6 Å². The first kappa shape index (κ1) is 17.9. The molecule has 0 spiro atoms. The molecule has 1 fully saturated rings. The number of nitrogens with zero attached hydrogens (tertiary/aromatic N) is 2. The van der Waals surface area contributed by atoms with Crippen molar-refractivity contribution in [3.8, 4) is 5.75 Å². The highest BCUT2D eigenvalue weighted by molar-refractivity contribution is 5.90. The smallest absolute Gasteiger partial charge is 0.406 e. The van der Waals surface area contributed by atoms with E-state index in [1.165, 1.54) is 24.0 Å². The Morgan fingerprint density at radius 2 is 2.00 bits per heavy atom. The van der Waals surface area contributed by atoms with Gasteiger partial charge in [0.25, 0.3) is 0 Å². The zero-order chi connectivity index (χ0) is 17.9. The van der Waals surface area contributed by atoms with Gasteiger partial charge in [-0.15, -0.1) is 13.2 Å². The summed E-state index contributed by atoms with van der Waals surface area (Å²) in [6.45, 7) is 4.46. The minimum atomic E-state index is -4.79. The van der Waals surface area contributed by atoms with E-state index in [9.17, 15) is 22.8 Å². The molecule has 1 heterocycles. The lowest BCUT2D eigenvalue weighted by Crippen LogP contribution is -2.56. The Kier molecular flexibility index (Phi) is 5.20. The van der Waals surface area contributed by atoms with Gasteiger partial charge in [0.2, 0.25) is 5.91 Å². The van der Waals surface area contributed by atoms with Crippen molar-refractivity contribution >= 4 is 17.6 Å². The minimum Gasteiger partial charge on any atom is -0.406 e. The van der Waals surface area contributed by atoms with Crippen molar-refractivity contribution in [3.63, 3.8) is 0 Å². The van der Waals surface area contributed by atoms with Gasteiger partial charge in [-0.05, 0) is 19.1 Å². The Morgan fingerprint density at radius 3 is 2.58 bits per heavy atom. The normalized spacial score (nSPS) is 18.3. The van der Waals surface area contributed by atoms with Gasteiger partial charge in [0.05, 0.1) is 0 Å². The quantitative estimate of drug-likeness (QED) is 0.896. The number of halogens is 3. The number of alkyl halides is 3. The summed E-state index contributed by atoms with van der Waals surface area (Å²) in [7, 11) is 0. The number of carbonyl (C=O) groups is 2. The number of hydrogen-bond acceptors (Lipinski definition) is 3. The van der Waals surface area contributed by atoms with E-state index in [-0.39, 0.29) is 17.6 Å². The van der Waals surface area contributed by atoms with Crippen LogP contribution < -0.4 is 10.1 Å². The van der Waals surface area contributed by atoms with E-state index in [1.54, 1.807) is 11.8 Å². The van der Waals surface area contributed by atoms with E-state index in [1.807, 2.05) is 0 Å². The Morgan fingerprint density at radius 1 is 1.29 bits per heavy atom. The summed E-state index contributed by atoms with van der Waals surface area (Å²) < 4.78 is 40.5. The van der Waals surface area contributed by atoms with E-state index >= 15 is 0 Å². The van der Waals surface area contributed by atoms with Crippen LogP contribution in [0.1, 0.15) is 13.8 Å². The largest absolute Gasteiger partial charge is 0.573 e. The number of anilines is 1. The zero-order valence-electron chi connectivity index (χ0n) is 13.3. The van der Waals surface area contributed by atoms with Gasteiger partial charge in [0.15, 0.2) is 0 Å². The Bertz CT molecular complexity index is 621. The molecule has 0 radical (unpaired) electrons. The van der Waals surface area contributed by atoms with Crippen molar-refractivity contribution in [3.05, 3.63) is 24.3 Å². The maximum Gasteiger partial charge on any atom is 0.573 e. The lowest BCUT2D eigenvalue weighted by atomic mass is 10.2. The highest BCUT2D eigenvalue weighted by Gasteiger charge is 2.31.